The molecule has 2 rings (SSSR count). The zero-order chi connectivity index (χ0) is 14.2. The average Bonchev–Trinajstić information content (AvgIpc) is 2.69. The number of hydrogen-bond donors (Lipinski definition) is 1. The van der Waals surface area contributed by atoms with Crippen LogP contribution >= 0.6 is 11.6 Å². The van der Waals surface area contributed by atoms with Crippen LogP contribution in [0.3, 0.4) is 0 Å². The third-order valence-corrected chi connectivity index (χ3v) is 3.77. The Hall–Kier alpha value is -1.55. The molecule has 19 heavy (non-hydrogen) atoms. The number of rotatable bonds is 2. The highest BCUT2D eigenvalue weighted by atomic mass is 35.5. The van der Waals surface area contributed by atoms with Gasteiger partial charge in [-0.2, -0.15) is 0 Å². The van der Waals surface area contributed by atoms with Crippen LogP contribution in [-0.4, -0.2) is 29.8 Å². The average molecular weight is 281 g/mol. The fourth-order valence-corrected chi connectivity index (χ4v) is 2.84. The van der Waals surface area contributed by atoms with Crippen LogP contribution in [0.25, 0.3) is 0 Å². The molecular formula is C14H17ClN2O2. The molecule has 2 amide bonds. The van der Waals surface area contributed by atoms with Gasteiger partial charge in [-0.15, -0.1) is 0 Å². The van der Waals surface area contributed by atoms with Crippen molar-refractivity contribution in [1.29, 1.82) is 0 Å². The number of hydrogen-bond acceptors (Lipinski definition) is 2. The second kappa shape index (κ2) is 5.21. The fourth-order valence-electron chi connectivity index (χ4n) is 2.55. The van der Waals surface area contributed by atoms with Crippen molar-refractivity contribution in [2.45, 2.75) is 13.8 Å². The minimum Gasteiger partial charge on any atom is -0.369 e. The van der Waals surface area contributed by atoms with Gasteiger partial charge in [0, 0.05) is 23.7 Å². The maximum absolute atomic E-state index is 12.4. The molecule has 1 heterocycles. The molecule has 1 aliphatic heterocycles. The number of amides is 2. The van der Waals surface area contributed by atoms with E-state index in [1.54, 1.807) is 23.1 Å². The molecule has 1 fully saturated rings. The van der Waals surface area contributed by atoms with Crippen molar-refractivity contribution in [2.75, 3.05) is 13.1 Å². The molecule has 1 aromatic carbocycles. The first-order valence-electron chi connectivity index (χ1n) is 6.24. The zero-order valence-corrected chi connectivity index (χ0v) is 11.8. The van der Waals surface area contributed by atoms with Crippen LogP contribution in [0, 0.1) is 18.8 Å². The lowest BCUT2D eigenvalue weighted by Crippen LogP contribution is -2.32. The summed E-state index contributed by atoms with van der Waals surface area (Å²) in [6, 6.07) is 5.26. The molecule has 5 heteroatoms. The summed E-state index contributed by atoms with van der Waals surface area (Å²) in [7, 11) is 0. The van der Waals surface area contributed by atoms with E-state index in [-0.39, 0.29) is 23.7 Å². The summed E-state index contributed by atoms with van der Waals surface area (Å²) in [5, 5.41) is 0.544. The standard InChI is InChI=1S/C14H17ClN2O2/c1-8-3-10(5-11(15)4-8)14(19)17-6-9(2)12(7-17)13(16)18/h3-5,9,12H,6-7H2,1-2H3,(H2,16,18)/t9-,12-/m1/s1. The van der Waals surface area contributed by atoms with Gasteiger partial charge in [-0.1, -0.05) is 18.5 Å². The van der Waals surface area contributed by atoms with E-state index in [4.69, 9.17) is 17.3 Å². The van der Waals surface area contributed by atoms with Gasteiger partial charge >= 0.3 is 0 Å². The van der Waals surface area contributed by atoms with Gasteiger partial charge in [0.2, 0.25) is 5.91 Å². The van der Waals surface area contributed by atoms with Crippen molar-refractivity contribution in [3.8, 4) is 0 Å². The lowest BCUT2D eigenvalue weighted by molar-refractivity contribution is -0.122. The van der Waals surface area contributed by atoms with E-state index in [1.165, 1.54) is 0 Å². The van der Waals surface area contributed by atoms with Crippen molar-refractivity contribution in [3.05, 3.63) is 34.3 Å². The van der Waals surface area contributed by atoms with Gasteiger partial charge in [0.1, 0.15) is 0 Å². The SMILES string of the molecule is Cc1cc(Cl)cc(C(=O)N2C[C@@H](C)[C@H](C(N)=O)C2)c1. The summed E-state index contributed by atoms with van der Waals surface area (Å²) in [6.07, 6.45) is 0. The normalized spacial score (nSPS) is 22.6. The molecule has 0 bridgehead atoms. The van der Waals surface area contributed by atoms with E-state index in [0.29, 0.717) is 23.7 Å². The monoisotopic (exact) mass is 280 g/mol. The quantitative estimate of drug-likeness (QED) is 0.898. The number of benzene rings is 1. The Kier molecular flexibility index (Phi) is 3.80. The Morgan fingerprint density at radius 3 is 2.53 bits per heavy atom. The van der Waals surface area contributed by atoms with Crippen LogP contribution in [0.5, 0.6) is 0 Å². The lowest BCUT2D eigenvalue weighted by Gasteiger charge is -2.16. The smallest absolute Gasteiger partial charge is 0.253 e. The van der Waals surface area contributed by atoms with E-state index in [0.717, 1.165) is 5.56 Å². The van der Waals surface area contributed by atoms with Gasteiger partial charge in [-0.05, 0) is 36.6 Å². The maximum atomic E-state index is 12.4. The third-order valence-electron chi connectivity index (χ3n) is 3.55. The first kappa shape index (κ1) is 13.9. The fraction of sp³-hybridized carbons (Fsp3) is 0.429. The Labute approximate surface area is 117 Å². The molecule has 1 aliphatic rings. The molecule has 1 aromatic rings. The molecule has 4 nitrogen and oxygen atoms in total. The molecule has 2 N–H and O–H groups in total. The summed E-state index contributed by atoms with van der Waals surface area (Å²) < 4.78 is 0. The van der Waals surface area contributed by atoms with E-state index in [9.17, 15) is 9.59 Å². The Morgan fingerprint density at radius 2 is 2.00 bits per heavy atom. The van der Waals surface area contributed by atoms with Crippen molar-refractivity contribution in [2.24, 2.45) is 17.6 Å². The van der Waals surface area contributed by atoms with Crippen LogP contribution < -0.4 is 5.73 Å². The van der Waals surface area contributed by atoms with Gasteiger partial charge in [0.15, 0.2) is 0 Å². The van der Waals surface area contributed by atoms with Crippen molar-refractivity contribution in [1.82, 2.24) is 4.90 Å². The van der Waals surface area contributed by atoms with Crippen LogP contribution in [0.15, 0.2) is 18.2 Å². The van der Waals surface area contributed by atoms with E-state index >= 15 is 0 Å². The minimum absolute atomic E-state index is 0.0961. The number of carbonyl (C=O) groups is 2. The van der Waals surface area contributed by atoms with Gasteiger partial charge in [-0.3, -0.25) is 9.59 Å². The van der Waals surface area contributed by atoms with Gasteiger partial charge in [0.05, 0.1) is 5.92 Å². The first-order chi connectivity index (χ1) is 8.88. The lowest BCUT2D eigenvalue weighted by atomic mass is 9.98. The Morgan fingerprint density at radius 1 is 1.32 bits per heavy atom. The van der Waals surface area contributed by atoms with Crippen LogP contribution in [-0.2, 0) is 4.79 Å². The molecular weight excluding hydrogens is 264 g/mol. The van der Waals surface area contributed by atoms with E-state index in [2.05, 4.69) is 0 Å². The number of carbonyl (C=O) groups excluding carboxylic acids is 2. The van der Waals surface area contributed by atoms with Crippen molar-refractivity contribution < 1.29 is 9.59 Å². The topological polar surface area (TPSA) is 63.4 Å². The minimum atomic E-state index is -0.343. The number of likely N-dealkylation sites (tertiary alicyclic amines) is 1. The number of nitrogens with zero attached hydrogens (tertiary/aromatic N) is 1. The zero-order valence-electron chi connectivity index (χ0n) is 11.0. The Bertz CT molecular complexity index is 510. The molecule has 0 aromatic heterocycles. The first-order valence-corrected chi connectivity index (χ1v) is 6.62. The predicted molar refractivity (Wildman–Crippen MR) is 73.9 cm³/mol. The number of aryl methyl sites for hydroxylation is 1. The molecule has 0 spiro atoms. The predicted octanol–water partition coefficient (Wildman–Crippen LogP) is 1.84. The highest BCUT2D eigenvalue weighted by Gasteiger charge is 2.36. The van der Waals surface area contributed by atoms with Crippen LogP contribution in [0.4, 0.5) is 0 Å². The number of nitrogens with two attached hydrogens (primary N) is 1. The van der Waals surface area contributed by atoms with E-state index in [1.807, 2.05) is 13.8 Å². The van der Waals surface area contributed by atoms with E-state index < -0.39 is 0 Å². The summed E-state index contributed by atoms with van der Waals surface area (Å²) in [5.74, 6) is -0.600. The summed E-state index contributed by atoms with van der Waals surface area (Å²) in [4.78, 5) is 25.3. The molecule has 102 valence electrons. The number of halogens is 1. The summed E-state index contributed by atoms with van der Waals surface area (Å²) >= 11 is 5.96. The molecule has 0 saturated carbocycles. The second-order valence-corrected chi connectivity index (χ2v) is 5.65. The third kappa shape index (κ3) is 2.89. The largest absolute Gasteiger partial charge is 0.369 e. The van der Waals surface area contributed by atoms with Gasteiger partial charge in [0.25, 0.3) is 5.91 Å². The summed E-state index contributed by atoms with van der Waals surface area (Å²) in [6.45, 7) is 4.77. The van der Waals surface area contributed by atoms with Crippen molar-refractivity contribution in [3.63, 3.8) is 0 Å². The molecule has 0 aliphatic carbocycles. The van der Waals surface area contributed by atoms with Crippen molar-refractivity contribution >= 4 is 23.4 Å². The highest BCUT2D eigenvalue weighted by molar-refractivity contribution is 6.31. The highest BCUT2D eigenvalue weighted by Crippen LogP contribution is 2.25. The molecule has 0 radical (unpaired) electrons. The van der Waals surface area contributed by atoms with Crippen LogP contribution in [0.2, 0.25) is 5.02 Å². The Balaban J connectivity index is 2.19. The van der Waals surface area contributed by atoms with Gasteiger partial charge < -0.3 is 10.6 Å². The molecule has 0 unspecified atom stereocenters. The molecule has 2 atom stereocenters. The maximum Gasteiger partial charge on any atom is 0.253 e. The second-order valence-electron chi connectivity index (χ2n) is 5.21. The van der Waals surface area contributed by atoms with Crippen LogP contribution in [0.1, 0.15) is 22.8 Å². The number of primary amides is 1. The summed E-state index contributed by atoms with van der Waals surface area (Å²) in [5.41, 5.74) is 6.84. The van der Waals surface area contributed by atoms with Gasteiger partial charge in [-0.25, -0.2) is 0 Å². The molecule has 1 saturated heterocycles.